The second-order valence-electron chi connectivity index (χ2n) is 9.97. The minimum absolute atomic E-state index is 0.158. The van der Waals surface area contributed by atoms with Gasteiger partial charge in [-0.1, -0.05) is 24.3 Å². The second-order valence-corrected chi connectivity index (χ2v) is 9.97. The van der Waals surface area contributed by atoms with E-state index in [2.05, 4.69) is 20.9 Å². The first-order valence-electron chi connectivity index (χ1n) is 13.7. The van der Waals surface area contributed by atoms with Gasteiger partial charge in [-0.2, -0.15) is 0 Å². The summed E-state index contributed by atoms with van der Waals surface area (Å²) in [5.41, 5.74) is 7.95. The molecule has 0 saturated carbocycles. The Morgan fingerprint density at radius 2 is 1.71 bits per heavy atom. The molecule has 3 aromatic rings. The first-order valence-corrected chi connectivity index (χ1v) is 13.7. The smallest absolute Gasteiger partial charge is 0.407 e. The quantitative estimate of drug-likeness (QED) is 0.271. The number of nitrogens with zero attached hydrogens (tertiary/aromatic N) is 1. The number of aromatic nitrogens is 1. The molecule has 0 radical (unpaired) electrons. The minimum Gasteiger partial charge on any atom is -0.448 e. The number of morpholine rings is 1. The minimum atomic E-state index is -1.18. The Balaban J connectivity index is 1.41. The highest BCUT2D eigenvalue weighted by Gasteiger charge is 2.29. The number of benzene rings is 2. The maximum absolute atomic E-state index is 14.9. The van der Waals surface area contributed by atoms with E-state index in [9.17, 15) is 22.8 Å². The van der Waals surface area contributed by atoms with E-state index in [1.807, 2.05) is 0 Å². The second kappa shape index (κ2) is 14.8. The number of nitrogens with one attached hydrogen (secondary N) is 3. The number of ether oxygens (including phenoxy) is 2. The number of anilines is 1. The first-order chi connectivity index (χ1) is 20.2. The summed E-state index contributed by atoms with van der Waals surface area (Å²) in [7, 11) is 0. The predicted molar refractivity (Wildman–Crippen MR) is 150 cm³/mol. The summed E-state index contributed by atoms with van der Waals surface area (Å²) in [4.78, 5) is 28.8. The molecule has 1 fully saturated rings. The first kappa shape index (κ1) is 30.9. The van der Waals surface area contributed by atoms with Crippen LogP contribution in [-0.4, -0.2) is 61.5 Å². The third-order valence-corrected chi connectivity index (χ3v) is 7.00. The number of carbonyl (C=O) groups excluding carboxylic acids is 2. The van der Waals surface area contributed by atoms with Crippen LogP contribution in [0.4, 0.5) is 23.7 Å². The summed E-state index contributed by atoms with van der Waals surface area (Å²) in [5.74, 6) is -2.85. The third-order valence-electron chi connectivity index (χ3n) is 7.00. The standard InChI is InChI=1S/C30H34F3N5O4/c1-2-36-30(40)42-17-22-16-41-23(13-37-22)11-12-24-25(33)14-35-15-26(24)38-29(39)28(34)27(18-3-7-20(31)8-4-18)19-5-9-21(32)10-6-19/h3-10,14-15,22-23,27-28,37H,2,11-13,16-17,34H2,1H3,(H,36,40)(H,38,39)/t22?,23-,28+/m1/s1. The molecule has 0 aliphatic carbocycles. The van der Waals surface area contributed by atoms with Gasteiger partial charge in [0.25, 0.3) is 0 Å². The van der Waals surface area contributed by atoms with E-state index in [-0.39, 0.29) is 36.4 Å². The average Bonchev–Trinajstić information content (AvgIpc) is 2.98. The maximum atomic E-state index is 14.9. The van der Waals surface area contributed by atoms with Crippen molar-refractivity contribution < 1.29 is 32.2 Å². The lowest BCUT2D eigenvalue weighted by molar-refractivity contribution is -0.117. The molecule has 1 saturated heterocycles. The molecule has 2 amide bonds. The Labute approximate surface area is 242 Å². The molecule has 1 aliphatic heterocycles. The van der Waals surface area contributed by atoms with Crippen molar-refractivity contribution >= 4 is 17.7 Å². The molecular formula is C30H34F3N5O4. The van der Waals surface area contributed by atoms with Crippen LogP contribution >= 0.6 is 0 Å². The van der Waals surface area contributed by atoms with E-state index in [0.29, 0.717) is 37.2 Å². The summed E-state index contributed by atoms with van der Waals surface area (Å²) in [6.07, 6.45) is 2.38. The lowest BCUT2D eigenvalue weighted by atomic mass is 9.85. The molecule has 1 unspecified atom stereocenters. The molecule has 0 bridgehead atoms. The number of hydrogen-bond donors (Lipinski definition) is 4. The molecular weight excluding hydrogens is 551 g/mol. The van der Waals surface area contributed by atoms with Crippen molar-refractivity contribution in [1.29, 1.82) is 0 Å². The summed E-state index contributed by atoms with van der Waals surface area (Å²) in [6.45, 7) is 3.21. The van der Waals surface area contributed by atoms with Gasteiger partial charge in [-0.05, 0) is 55.2 Å². The van der Waals surface area contributed by atoms with Crippen LogP contribution in [0.5, 0.6) is 0 Å². The fourth-order valence-electron chi connectivity index (χ4n) is 4.78. The maximum Gasteiger partial charge on any atom is 0.407 e. The highest BCUT2D eigenvalue weighted by molar-refractivity contribution is 5.96. The zero-order chi connectivity index (χ0) is 30.1. The number of nitrogens with two attached hydrogens (primary N) is 1. The van der Waals surface area contributed by atoms with Gasteiger partial charge in [0.15, 0.2) is 0 Å². The van der Waals surface area contributed by atoms with E-state index < -0.39 is 41.4 Å². The van der Waals surface area contributed by atoms with Crippen LogP contribution in [0.25, 0.3) is 0 Å². The zero-order valence-electron chi connectivity index (χ0n) is 23.1. The summed E-state index contributed by atoms with van der Waals surface area (Å²) in [6, 6.07) is 9.74. The van der Waals surface area contributed by atoms with Crippen LogP contribution in [0.1, 0.15) is 36.0 Å². The Morgan fingerprint density at radius 3 is 2.29 bits per heavy atom. The number of rotatable bonds is 11. The number of carbonyl (C=O) groups is 2. The van der Waals surface area contributed by atoms with Gasteiger partial charge in [-0.3, -0.25) is 9.78 Å². The molecule has 4 rings (SSSR count). The van der Waals surface area contributed by atoms with Gasteiger partial charge >= 0.3 is 6.09 Å². The SMILES string of the molecule is CCNC(=O)OCC1CO[C@H](CCc2c(F)cncc2NC(=O)[C@@H](N)C(c2ccc(F)cc2)c2ccc(F)cc2)CN1. The number of hydrogen-bond acceptors (Lipinski definition) is 7. The fraction of sp³-hybridized carbons (Fsp3) is 0.367. The van der Waals surface area contributed by atoms with Crippen molar-refractivity contribution in [3.8, 4) is 0 Å². The molecule has 2 heterocycles. The van der Waals surface area contributed by atoms with Gasteiger partial charge in [-0.25, -0.2) is 18.0 Å². The van der Waals surface area contributed by atoms with Crippen molar-refractivity contribution in [2.75, 3.05) is 31.6 Å². The average molecular weight is 586 g/mol. The summed E-state index contributed by atoms with van der Waals surface area (Å²) >= 11 is 0. The Morgan fingerprint density at radius 1 is 1.07 bits per heavy atom. The third kappa shape index (κ3) is 8.28. The largest absolute Gasteiger partial charge is 0.448 e. The highest BCUT2D eigenvalue weighted by atomic mass is 19.1. The van der Waals surface area contributed by atoms with Gasteiger partial charge in [0, 0.05) is 24.6 Å². The molecule has 9 nitrogen and oxygen atoms in total. The molecule has 1 aromatic heterocycles. The Hall–Kier alpha value is -4.00. The topological polar surface area (TPSA) is 128 Å². The van der Waals surface area contributed by atoms with Crippen LogP contribution in [0, 0.1) is 17.5 Å². The van der Waals surface area contributed by atoms with E-state index in [1.165, 1.54) is 54.7 Å². The molecule has 1 aliphatic rings. The fourth-order valence-corrected chi connectivity index (χ4v) is 4.78. The van der Waals surface area contributed by atoms with Gasteiger partial charge < -0.3 is 31.2 Å². The lowest BCUT2D eigenvalue weighted by Gasteiger charge is -2.30. The van der Waals surface area contributed by atoms with Gasteiger partial charge in [0.2, 0.25) is 5.91 Å². The summed E-state index contributed by atoms with van der Waals surface area (Å²) < 4.78 is 53.1. The molecule has 224 valence electrons. The van der Waals surface area contributed by atoms with E-state index in [0.717, 1.165) is 6.20 Å². The van der Waals surface area contributed by atoms with Crippen molar-refractivity contribution in [1.82, 2.24) is 15.6 Å². The highest BCUT2D eigenvalue weighted by Crippen LogP contribution is 2.29. The van der Waals surface area contributed by atoms with Crippen LogP contribution in [-0.2, 0) is 20.7 Å². The monoisotopic (exact) mass is 585 g/mol. The van der Waals surface area contributed by atoms with Crippen molar-refractivity contribution in [3.63, 3.8) is 0 Å². The molecule has 0 spiro atoms. The number of alkyl carbamates (subject to hydrolysis) is 1. The predicted octanol–water partition coefficient (Wildman–Crippen LogP) is 3.63. The van der Waals surface area contributed by atoms with Gasteiger partial charge in [0.1, 0.15) is 24.1 Å². The Kier molecular flexibility index (Phi) is 10.9. The van der Waals surface area contributed by atoms with E-state index in [1.54, 1.807) is 6.92 Å². The summed E-state index contributed by atoms with van der Waals surface area (Å²) in [5, 5.41) is 8.52. The van der Waals surface area contributed by atoms with Crippen molar-refractivity contribution in [2.45, 2.75) is 43.9 Å². The number of amides is 2. The van der Waals surface area contributed by atoms with Crippen molar-refractivity contribution in [3.05, 3.63) is 95.1 Å². The number of pyridine rings is 1. The molecule has 5 N–H and O–H groups in total. The van der Waals surface area contributed by atoms with Gasteiger partial charge in [0.05, 0.1) is 42.9 Å². The van der Waals surface area contributed by atoms with Crippen molar-refractivity contribution in [2.24, 2.45) is 5.73 Å². The number of halogens is 3. The van der Waals surface area contributed by atoms with E-state index in [4.69, 9.17) is 15.2 Å². The zero-order valence-corrected chi connectivity index (χ0v) is 23.1. The van der Waals surface area contributed by atoms with Crippen LogP contribution in [0.2, 0.25) is 0 Å². The van der Waals surface area contributed by atoms with E-state index >= 15 is 0 Å². The lowest BCUT2D eigenvalue weighted by Crippen LogP contribution is -2.49. The van der Waals surface area contributed by atoms with Gasteiger partial charge in [-0.15, -0.1) is 0 Å². The Bertz CT molecular complexity index is 1290. The normalized spacial score (nSPS) is 17.5. The molecule has 3 atom stereocenters. The molecule has 2 aromatic carbocycles. The van der Waals surface area contributed by atoms with Crippen LogP contribution in [0.3, 0.4) is 0 Å². The molecule has 12 heteroatoms. The van der Waals surface area contributed by atoms with Crippen LogP contribution in [0.15, 0.2) is 60.9 Å². The molecule has 42 heavy (non-hydrogen) atoms. The van der Waals surface area contributed by atoms with Crippen LogP contribution < -0.4 is 21.7 Å².